The van der Waals surface area contributed by atoms with Crippen LogP contribution in [0.1, 0.15) is 71.6 Å². The number of Topliss-reactive ketones (excluding diaryl/α,β-unsaturated/α-hetero) is 2. The molecule has 0 aromatic heterocycles. The van der Waals surface area contributed by atoms with Crippen molar-refractivity contribution in [1.82, 2.24) is 0 Å². The van der Waals surface area contributed by atoms with Gasteiger partial charge in [0.1, 0.15) is 11.6 Å². The normalized spacial score (nSPS) is 50.8. The number of carbonyl (C=O) groups excluding carboxylic acids is 2. The third kappa shape index (κ3) is 2.14. The molecule has 0 saturated heterocycles. The van der Waals surface area contributed by atoms with Crippen molar-refractivity contribution < 1.29 is 9.59 Å². The van der Waals surface area contributed by atoms with E-state index < -0.39 is 0 Å². The molecule has 0 N–H and O–H groups in total. The van der Waals surface area contributed by atoms with Crippen molar-refractivity contribution >= 4 is 11.6 Å². The summed E-state index contributed by atoms with van der Waals surface area (Å²) in [7, 11) is 0. The van der Waals surface area contributed by atoms with Crippen molar-refractivity contribution in [3.8, 4) is 0 Å². The van der Waals surface area contributed by atoms with Gasteiger partial charge in [0.15, 0.2) is 0 Å². The second kappa shape index (κ2) is 5.54. The summed E-state index contributed by atoms with van der Waals surface area (Å²) < 4.78 is 0. The maximum Gasteiger partial charge on any atom is 0.139 e. The molecule has 24 heavy (non-hydrogen) atoms. The highest BCUT2D eigenvalue weighted by molar-refractivity contribution is 5.87. The van der Waals surface area contributed by atoms with Gasteiger partial charge in [0, 0.05) is 24.7 Å². The van der Waals surface area contributed by atoms with Crippen molar-refractivity contribution in [2.24, 2.45) is 40.4 Å². The van der Waals surface area contributed by atoms with Crippen LogP contribution in [0.3, 0.4) is 0 Å². The number of rotatable bonds is 2. The first-order valence-corrected chi connectivity index (χ1v) is 10.1. The summed E-state index contributed by atoms with van der Waals surface area (Å²) in [5.41, 5.74) is 0.261. The lowest BCUT2D eigenvalue weighted by atomic mass is 9.42. The van der Waals surface area contributed by atoms with Gasteiger partial charge in [-0.25, -0.2) is 0 Å². The van der Waals surface area contributed by atoms with Gasteiger partial charge in [-0.3, -0.25) is 9.59 Å². The Labute approximate surface area is 146 Å². The lowest BCUT2D eigenvalue weighted by molar-refractivity contribution is -0.153. The van der Waals surface area contributed by atoms with E-state index in [1.807, 2.05) is 0 Å². The zero-order chi connectivity index (χ0) is 17.1. The maximum absolute atomic E-state index is 12.6. The molecule has 0 aliphatic heterocycles. The number of fused-ring (bicyclic) bond motifs is 5. The third-order valence-electron chi connectivity index (χ3n) is 8.84. The van der Waals surface area contributed by atoms with E-state index in [0.29, 0.717) is 46.6 Å². The van der Waals surface area contributed by atoms with Crippen molar-refractivity contribution in [1.29, 1.82) is 0 Å². The Morgan fingerprint density at radius 3 is 2.67 bits per heavy atom. The van der Waals surface area contributed by atoms with E-state index in [0.717, 1.165) is 44.9 Å². The van der Waals surface area contributed by atoms with Crippen LogP contribution in [-0.4, -0.2) is 11.6 Å². The SMILES string of the molecule is C=CC[C@@H]1C[C@H]2CC(=O)CC[C@]2(C)[C@H]2CC[C@]3(C)C(=O)CC[C@H]3[C@H]12. The average Bonchev–Trinajstić information content (AvgIpc) is 2.85. The molecule has 0 aromatic rings. The topological polar surface area (TPSA) is 34.1 Å². The lowest BCUT2D eigenvalue weighted by Gasteiger charge is -2.61. The van der Waals surface area contributed by atoms with E-state index in [2.05, 4.69) is 26.5 Å². The quantitative estimate of drug-likeness (QED) is 0.671. The van der Waals surface area contributed by atoms with Crippen LogP contribution >= 0.6 is 0 Å². The summed E-state index contributed by atoms with van der Waals surface area (Å²) in [5.74, 6) is 4.14. The van der Waals surface area contributed by atoms with Gasteiger partial charge in [-0.1, -0.05) is 19.9 Å². The van der Waals surface area contributed by atoms with E-state index in [-0.39, 0.29) is 5.41 Å². The summed E-state index contributed by atoms with van der Waals surface area (Å²) in [6.07, 6.45) is 11.1. The Balaban J connectivity index is 1.72. The van der Waals surface area contributed by atoms with Crippen LogP contribution in [0.5, 0.6) is 0 Å². The highest BCUT2D eigenvalue weighted by Crippen LogP contribution is 2.67. The summed E-state index contributed by atoms with van der Waals surface area (Å²) in [6.45, 7) is 8.75. The molecule has 7 atom stereocenters. The van der Waals surface area contributed by atoms with E-state index in [4.69, 9.17) is 0 Å². The first kappa shape index (κ1) is 16.5. The second-order valence-electron chi connectivity index (χ2n) is 9.67. The molecule has 2 nitrogen and oxygen atoms in total. The number of hydrogen-bond donors (Lipinski definition) is 0. The van der Waals surface area contributed by atoms with Crippen molar-refractivity contribution in [3.05, 3.63) is 12.7 Å². The maximum atomic E-state index is 12.6. The van der Waals surface area contributed by atoms with Crippen LogP contribution < -0.4 is 0 Å². The smallest absolute Gasteiger partial charge is 0.139 e. The molecule has 0 amide bonds. The predicted molar refractivity (Wildman–Crippen MR) is 95.4 cm³/mol. The minimum atomic E-state index is -0.0612. The number of hydrogen-bond acceptors (Lipinski definition) is 2. The molecule has 4 saturated carbocycles. The van der Waals surface area contributed by atoms with Crippen LogP contribution in [0.15, 0.2) is 12.7 Å². The summed E-state index contributed by atoms with van der Waals surface area (Å²) in [4.78, 5) is 24.7. The van der Waals surface area contributed by atoms with Gasteiger partial charge in [-0.15, -0.1) is 6.58 Å². The van der Waals surface area contributed by atoms with E-state index in [9.17, 15) is 9.59 Å². The zero-order valence-corrected chi connectivity index (χ0v) is 15.4. The highest BCUT2D eigenvalue weighted by Gasteiger charge is 2.62. The number of allylic oxidation sites excluding steroid dienone is 1. The first-order valence-electron chi connectivity index (χ1n) is 10.1. The Morgan fingerprint density at radius 1 is 1.12 bits per heavy atom. The van der Waals surface area contributed by atoms with Gasteiger partial charge < -0.3 is 0 Å². The minimum absolute atomic E-state index is 0.0612. The Hall–Kier alpha value is -0.920. The average molecular weight is 328 g/mol. The van der Waals surface area contributed by atoms with Crippen LogP contribution in [0.4, 0.5) is 0 Å². The minimum Gasteiger partial charge on any atom is -0.300 e. The molecule has 0 radical (unpaired) electrons. The van der Waals surface area contributed by atoms with E-state index in [1.165, 1.54) is 12.8 Å². The van der Waals surface area contributed by atoms with Gasteiger partial charge in [-0.2, -0.15) is 0 Å². The largest absolute Gasteiger partial charge is 0.300 e. The van der Waals surface area contributed by atoms with Gasteiger partial charge in [0.2, 0.25) is 0 Å². The standard InChI is InChI=1S/C22H32O2/c1-4-5-14-12-15-13-16(23)8-10-21(15,2)18-9-11-22(3)17(20(14)18)6-7-19(22)24/h4,14-15,17-18,20H,1,5-13H2,2-3H3/t14-,15+,17+,18+,20+,21+,22+/m1/s1. The van der Waals surface area contributed by atoms with Crippen LogP contribution in [0.2, 0.25) is 0 Å². The Bertz CT molecular complexity index is 579. The molecule has 0 aromatic carbocycles. The zero-order valence-electron chi connectivity index (χ0n) is 15.4. The highest BCUT2D eigenvalue weighted by atomic mass is 16.1. The third-order valence-corrected chi connectivity index (χ3v) is 8.84. The van der Waals surface area contributed by atoms with E-state index in [1.54, 1.807) is 0 Å². The Morgan fingerprint density at radius 2 is 1.92 bits per heavy atom. The van der Waals surface area contributed by atoms with Gasteiger partial charge in [0.05, 0.1) is 0 Å². The van der Waals surface area contributed by atoms with Crippen molar-refractivity contribution in [2.75, 3.05) is 0 Å². The first-order chi connectivity index (χ1) is 11.4. The van der Waals surface area contributed by atoms with Gasteiger partial charge in [-0.05, 0) is 73.5 Å². The molecule has 0 heterocycles. The Kier molecular flexibility index (Phi) is 3.82. The summed E-state index contributed by atoms with van der Waals surface area (Å²) in [5, 5.41) is 0. The molecule has 132 valence electrons. The fourth-order valence-electron chi connectivity index (χ4n) is 7.45. The lowest BCUT2D eigenvalue weighted by Crippen LogP contribution is -2.56. The second-order valence-corrected chi connectivity index (χ2v) is 9.67. The molecular formula is C22H32O2. The van der Waals surface area contributed by atoms with Crippen LogP contribution in [-0.2, 0) is 9.59 Å². The monoisotopic (exact) mass is 328 g/mol. The molecule has 0 unspecified atom stereocenters. The number of carbonyl (C=O) groups is 2. The molecule has 0 spiro atoms. The molecule has 2 heteroatoms. The van der Waals surface area contributed by atoms with Crippen molar-refractivity contribution in [3.63, 3.8) is 0 Å². The predicted octanol–water partition coefficient (Wildman–Crippen LogP) is 4.97. The summed E-state index contributed by atoms with van der Waals surface area (Å²) in [6, 6.07) is 0. The van der Waals surface area contributed by atoms with Crippen molar-refractivity contribution in [2.45, 2.75) is 71.6 Å². The molecule has 0 bridgehead atoms. The van der Waals surface area contributed by atoms with E-state index >= 15 is 0 Å². The molecule has 4 aliphatic rings. The van der Waals surface area contributed by atoms with Gasteiger partial charge in [0.25, 0.3) is 0 Å². The molecule has 4 fully saturated rings. The molecule has 4 rings (SSSR count). The fraction of sp³-hybridized carbons (Fsp3) is 0.818. The van der Waals surface area contributed by atoms with Crippen LogP contribution in [0, 0.1) is 40.4 Å². The fourth-order valence-corrected chi connectivity index (χ4v) is 7.45. The molecular weight excluding hydrogens is 296 g/mol. The molecule has 4 aliphatic carbocycles. The van der Waals surface area contributed by atoms with Crippen LogP contribution in [0.25, 0.3) is 0 Å². The number of ketones is 2. The van der Waals surface area contributed by atoms with Gasteiger partial charge >= 0.3 is 0 Å². The summed E-state index contributed by atoms with van der Waals surface area (Å²) >= 11 is 0.